The van der Waals surface area contributed by atoms with Crippen LogP contribution in [0.25, 0.3) is 0 Å². The van der Waals surface area contributed by atoms with Crippen LogP contribution in [0.3, 0.4) is 0 Å². The molecular formula is C50H56Cl4F12N10O11S2. The molecule has 89 heavy (non-hydrogen) atoms. The second kappa shape index (κ2) is 35.5. The first-order valence-electron chi connectivity index (χ1n) is 25.3. The molecule has 2 aliphatic rings. The first kappa shape index (κ1) is 79.1. The molecule has 0 unspecified atom stereocenters. The van der Waals surface area contributed by atoms with Crippen molar-refractivity contribution in [1.29, 1.82) is 0 Å². The Bertz CT molecular complexity index is 3130. The highest BCUT2D eigenvalue weighted by atomic mass is 35.5. The number of hydrogen-bond acceptors (Lipinski definition) is 17. The third-order valence-corrected chi connectivity index (χ3v) is 17.6. The molecule has 2 aromatic carbocycles. The molecule has 39 heteroatoms. The van der Waals surface area contributed by atoms with Gasteiger partial charge in [-0.2, -0.15) is 52.7 Å². The van der Waals surface area contributed by atoms with Gasteiger partial charge in [-0.1, -0.05) is 58.5 Å². The monoisotopic (exact) mass is 1400 g/mol. The summed E-state index contributed by atoms with van der Waals surface area (Å²) in [6.45, 7) is 11.0. The topological polar surface area (TPSA) is 274 Å². The smallest absolute Gasteiger partial charge is 0.458 e. The number of carbonyl (C=O) groups excluding carboxylic acids is 5. The summed E-state index contributed by atoms with van der Waals surface area (Å²) in [4.78, 5) is 78.4. The molecule has 496 valence electrons. The van der Waals surface area contributed by atoms with Crippen molar-refractivity contribution < 1.29 is 103 Å². The lowest BCUT2D eigenvalue weighted by Gasteiger charge is -2.36. The van der Waals surface area contributed by atoms with Gasteiger partial charge in [0.05, 0.1) is 26.5 Å². The number of carbonyl (C=O) groups is 6. The highest BCUT2D eigenvalue weighted by Gasteiger charge is 2.55. The zero-order valence-electron chi connectivity index (χ0n) is 46.4. The molecule has 4 heterocycles. The number of nitrogens with one attached hydrogen (secondary N) is 1. The maximum absolute atomic E-state index is 12.7. The van der Waals surface area contributed by atoms with Crippen LogP contribution in [0.2, 0.25) is 20.1 Å². The number of ketones is 4. The molecule has 1 amide bonds. The van der Waals surface area contributed by atoms with Crippen LogP contribution in [-0.4, -0.2) is 216 Å². The van der Waals surface area contributed by atoms with E-state index < -0.39 is 73.9 Å². The Morgan fingerprint density at radius 2 is 0.843 bits per heavy atom. The van der Waals surface area contributed by atoms with Crippen LogP contribution < -0.4 is 20.9 Å². The van der Waals surface area contributed by atoms with Gasteiger partial charge in [-0.05, 0) is 48.5 Å². The molecule has 0 spiro atoms. The van der Waals surface area contributed by atoms with Gasteiger partial charge in [-0.15, -0.1) is 0 Å². The summed E-state index contributed by atoms with van der Waals surface area (Å²) in [7, 11) is -4.96. The predicted octanol–water partition coefficient (Wildman–Crippen LogP) is 7.09. The summed E-state index contributed by atoms with van der Waals surface area (Å²) in [5.74, 6) is -14.9. The van der Waals surface area contributed by atoms with E-state index in [4.69, 9.17) is 57.2 Å². The van der Waals surface area contributed by atoms with Crippen LogP contribution in [-0.2, 0) is 48.8 Å². The van der Waals surface area contributed by atoms with Crippen LogP contribution in [0.5, 0.6) is 0 Å². The average molecular weight is 1410 g/mol. The van der Waals surface area contributed by atoms with E-state index in [0.29, 0.717) is 6.54 Å². The molecule has 6 rings (SSSR count). The number of carboxylic acids is 1. The van der Waals surface area contributed by atoms with E-state index in [1.807, 2.05) is 24.5 Å². The molecule has 4 N–H and O–H groups in total. The number of amides is 1. The van der Waals surface area contributed by atoms with Crippen molar-refractivity contribution in [1.82, 2.24) is 33.7 Å². The second-order valence-electron chi connectivity index (χ2n) is 18.2. The zero-order valence-corrected chi connectivity index (χ0v) is 51.1. The van der Waals surface area contributed by atoms with Gasteiger partial charge in [-0.25, -0.2) is 25.4 Å². The number of aromatic nitrogens is 2. The number of piperazine rings is 2. The lowest BCUT2D eigenvalue weighted by molar-refractivity contribution is -0.193. The summed E-state index contributed by atoms with van der Waals surface area (Å²) < 4.78 is 186. The molecule has 2 saturated heterocycles. The molecular weight excluding hydrogens is 1350 g/mol. The molecule has 4 aromatic rings. The minimum atomic E-state index is -5.77. The van der Waals surface area contributed by atoms with Crippen molar-refractivity contribution in [2.24, 2.45) is 5.73 Å². The van der Waals surface area contributed by atoms with Gasteiger partial charge in [0.15, 0.2) is 0 Å². The first-order valence-corrected chi connectivity index (χ1v) is 29.7. The third-order valence-electron chi connectivity index (χ3n) is 11.9. The van der Waals surface area contributed by atoms with Crippen molar-refractivity contribution in [2.45, 2.75) is 47.3 Å². The summed E-state index contributed by atoms with van der Waals surface area (Å²) in [6, 6.07) is 16.9. The number of Topliss-reactive ketones (excluding diaryl/α,β-unsaturated/α-hetero) is 4. The van der Waals surface area contributed by atoms with E-state index >= 15 is 0 Å². The van der Waals surface area contributed by atoms with E-state index in [-0.39, 0.29) is 61.7 Å². The van der Waals surface area contributed by atoms with Gasteiger partial charge < -0.3 is 26.0 Å². The zero-order chi connectivity index (χ0) is 67.9. The summed E-state index contributed by atoms with van der Waals surface area (Å²) >= 11 is 23.5. The largest absolute Gasteiger partial charge is 0.481 e. The Kier molecular flexibility index (Phi) is 31.6. The summed E-state index contributed by atoms with van der Waals surface area (Å²) in [5.41, 5.74) is 7.99. The third kappa shape index (κ3) is 26.4. The molecule has 0 radical (unpaired) electrons. The Morgan fingerprint density at radius 3 is 1.15 bits per heavy atom. The number of sulfonamides is 2. The van der Waals surface area contributed by atoms with Gasteiger partial charge in [0.2, 0.25) is 26.0 Å². The fourth-order valence-electron chi connectivity index (χ4n) is 7.16. The SMILES string of the molecule is CN(CCC(=O)NCCN1CCN(c2ccncc2)CC1)S(=O)(=O)c1cccc(Cl)c1Cl.CN(CCC(=O)O)S(=O)(=O)c1cccc(Cl)c1Cl.NCCN1CCN(c2ccncc2)CC1.O=C(C(=O)C(F)(F)F)C(F)(F)F.O=C(C(=O)C(F)(F)F)C(F)(F)F. The van der Waals surface area contributed by atoms with Crippen molar-refractivity contribution in [2.75, 3.05) is 116 Å². The first-order chi connectivity index (χ1) is 41.1. The van der Waals surface area contributed by atoms with Gasteiger partial charge >= 0.3 is 53.8 Å². The van der Waals surface area contributed by atoms with E-state index in [0.717, 1.165) is 80.6 Å². The number of halogens is 16. The van der Waals surface area contributed by atoms with E-state index in [1.54, 1.807) is 12.4 Å². The number of benzene rings is 2. The van der Waals surface area contributed by atoms with Crippen LogP contribution >= 0.6 is 46.4 Å². The van der Waals surface area contributed by atoms with Crippen molar-refractivity contribution in [3.63, 3.8) is 0 Å². The van der Waals surface area contributed by atoms with Gasteiger partial charge in [0.25, 0.3) is 0 Å². The molecule has 21 nitrogen and oxygen atoms in total. The number of rotatable bonds is 19. The molecule has 0 aliphatic carbocycles. The van der Waals surface area contributed by atoms with Gasteiger partial charge in [0, 0.05) is 148 Å². The number of hydrogen-bond donors (Lipinski definition) is 3. The summed E-state index contributed by atoms with van der Waals surface area (Å²) in [6.07, 6.45) is -16.0. The number of aliphatic carboxylic acids is 1. The van der Waals surface area contributed by atoms with Gasteiger partial charge in [-0.3, -0.25) is 48.5 Å². The van der Waals surface area contributed by atoms with Crippen LogP contribution in [0.15, 0.2) is 95.2 Å². The Hall–Kier alpha value is -6.02. The number of pyridine rings is 2. The van der Waals surface area contributed by atoms with Crippen LogP contribution in [0.4, 0.5) is 64.1 Å². The predicted molar refractivity (Wildman–Crippen MR) is 302 cm³/mol. The van der Waals surface area contributed by atoms with Crippen LogP contribution in [0.1, 0.15) is 12.8 Å². The molecule has 0 bridgehead atoms. The minimum absolute atomic E-state index is 0.0190. The minimum Gasteiger partial charge on any atom is -0.481 e. The van der Waals surface area contributed by atoms with E-state index in [2.05, 4.69) is 47.0 Å². The second-order valence-corrected chi connectivity index (χ2v) is 23.8. The molecule has 2 fully saturated rings. The number of alkyl halides is 12. The van der Waals surface area contributed by atoms with Crippen LogP contribution in [0, 0.1) is 0 Å². The fourth-order valence-corrected chi connectivity index (χ4v) is 11.0. The van der Waals surface area contributed by atoms with Gasteiger partial charge in [0.1, 0.15) is 9.79 Å². The van der Waals surface area contributed by atoms with Crippen molar-refractivity contribution >= 4 is 113 Å². The number of nitrogens with zero attached hydrogens (tertiary/aromatic N) is 8. The highest BCUT2D eigenvalue weighted by molar-refractivity contribution is 7.89. The number of carboxylic acid groups (broad SMARTS) is 1. The lowest BCUT2D eigenvalue weighted by atomic mass is 10.2. The normalized spacial score (nSPS) is 14.3. The molecule has 0 saturated carbocycles. The van der Waals surface area contributed by atoms with Crippen molar-refractivity contribution in [3.8, 4) is 0 Å². The van der Waals surface area contributed by atoms with E-state index in [9.17, 15) is 98.3 Å². The summed E-state index contributed by atoms with van der Waals surface area (Å²) in [5, 5.41) is 11.6. The average Bonchev–Trinajstić information content (AvgIpc) is 1.03. The maximum Gasteiger partial charge on any atom is 0.458 e. The quantitative estimate of drug-likeness (QED) is 0.0624. The molecule has 2 aliphatic heterocycles. The number of nitrogens with two attached hydrogens (primary N) is 1. The molecule has 2 aromatic heterocycles. The Balaban J connectivity index is 0.000000406. The lowest BCUT2D eigenvalue weighted by Crippen LogP contribution is -2.48. The molecule has 0 atom stereocenters. The number of anilines is 2. The fraction of sp³-hybridized carbons (Fsp3) is 0.440. The highest BCUT2D eigenvalue weighted by Crippen LogP contribution is 2.32. The standard InChI is InChI=1S/C21H27Cl2N5O3S.C11H18N4.C10H11Cl2NO4S.2C4F6O2/c1-26(32(30,31)19-4-2-3-18(22)21(19)23)11-7-20(29)25-10-12-27-13-15-28(16-14-27)17-5-8-24-9-6-17;12-3-6-14-7-9-15(10-8-14)11-1-4-13-5-2-11;1-13(6-5-9(14)15)18(16,17)8-4-2-3-7(11)10(8)12;2*5-3(6,7)1(11)2(12)4(8,9)10/h2-6,8-9H,7,10-16H2,1H3,(H,25,29);1-2,4-5H,3,6-10,12H2;2-4H,5-6H2,1H3,(H,14,15);;. The Morgan fingerprint density at radius 1 is 0.528 bits per heavy atom. The van der Waals surface area contributed by atoms with Crippen molar-refractivity contribution in [3.05, 3.63) is 106 Å². The maximum atomic E-state index is 12.7. The Labute approximate surface area is 521 Å². The van der Waals surface area contributed by atoms with E-state index in [1.165, 1.54) is 61.9 Å².